The molecule has 29 heavy (non-hydrogen) atoms. The van der Waals surface area contributed by atoms with Gasteiger partial charge in [-0.2, -0.15) is 0 Å². The van der Waals surface area contributed by atoms with Gasteiger partial charge in [-0.25, -0.2) is 8.42 Å². The molecule has 2 aromatic carbocycles. The molecule has 0 atom stereocenters. The number of anilines is 1. The molecule has 1 aromatic heterocycles. The second kappa shape index (κ2) is 8.00. The molecular weight excluding hydrogens is 390 g/mol. The van der Waals surface area contributed by atoms with Gasteiger partial charge in [0.2, 0.25) is 0 Å². The van der Waals surface area contributed by atoms with Gasteiger partial charge in [-0.3, -0.25) is 9.52 Å². The van der Waals surface area contributed by atoms with E-state index in [9.17, 15) is 13.2 Å². The van der Waals surface area contributed by atoms with Crippen molar-refractivity contribution in [2.24, 2.45) is 0 Å². The zero-order valence-electron chi connectivity index (χ0n) is 15.7. The summed E-state index contributed by atoms with van der Waals surface area (Å²) in [7, 11) is -3.90. The fourth-order valence-corrected chi connectivity index (χ4v) is 4.27. The van der Waals surface area contributed by atoms with Gasteiger partial charge in [0.25, 0.3) is 15.9 Å². The second-order valence-electron chi connectivity index (χ2n) is 6.77. The molecular formula is C21H21N3O4S. The summed E-state index contributed by atoms with van der Waals surface area (Å²) in [5.74, 6) is 0.794. The topological polar surface area (TPSA) is 91.5 Å². The molecule has 1 amide bonds. The third-order valence-electron chi connectivity index (χ3n) is 4.69. The highest BCUT2D eigenvalue weighted by Gasteiger charge is 2.24. The van der Waals surface area contributed by atoms with Gasteiger partial charge in [0.15, 0.2) is 5.75 Å². The maximum Gasteiger partial charge on any atom is 0.270 e. The van der Waals surface area contributed by atoms with Gasteiger partial charge in [0.05, 0.1) is 5.69 Å². The Bertz CT molecular complexity index is 1100. The zero-order chi connectivity index (χ0) is 20.3. The molecule has 1 aliphatic heterocycles. The van der Waals surface area contributed by atoms with Crippen LogP contribution in [0.2, 0.25) is 0 Å². The quantitative estimate of drug-likeness (QED) is 0.645. The molecule has 0 spiro atoms. The van der Waals surface area contributed by atoms with Crippen molar-refractivity contribution in [3.05, 3.63) is 72.6 Å². The van der Waals surface area contributed by atoms with Crippen LogP contribution in [0.15, 0.2) is 71.8 Å². The van der Waals surface area contributed by atoms with Crippen molar-refractivity contribution in [3.63, 3.8) is 0 Å². The van der Waals surface area contributed by atoms with Crippen molar-refractivity contribution < 1.29 is 17.9 Å². The van der Waals surface area contributed by atoms with Crippen LogP contribution in [-0.4, -0.2) is 37.3 Å². The number of hydrogen-bond acceptors (Lipinski definition) is 4. The van der Waals surface area contributed by atoms with Gasteiger partial charge in [0.1, 0.15) is 16.3 Å². The number of carbonyl (C=O) groups is 1. The highest BCUT2D eigenvalue weighted by Crippen LogP contribution is 2.31. The molecule has 150 valence electrons. The maximum atomic E-state index is 12.9. The highest BCUT2D eigenvalue weighted by molar-refractivity contribution is 7.92. The largest absolute Gasteiger partial charge is 0.455 e. The third-order valence-corrected chi connectivity index (χ3v) is 6.04. The van der Waals surface area contributed by atoms with Gasteiger partial charge in [-0.15, -0.1) is 0 Å². The number of para-hydroxylation sites is 3. The van der Waals surface area contributed by atoms with Crippen LogP contribution in [0.4, 0.5) is 5.69 Å². The van der Waals surface area contributed by atoms with Crippen molar-refractivity contribution in [1.82, 2.24) is 9.88 Å². The van der Waals surface area contributed by atoms with Crippen LogP contribution < -0.4 is 9.46 Å². The molecule has 4 rings (SSSR count). The molecule has 0 unspecified atom stereocenters. The number of aromatic amines is 1. The van der Waals surface area contributed by atoms with Crippen LogP contribution in [0.1, 0.15) is 23.3 Å². The van der Waals surface area contributed by atoms with E-state index in [0.717, 1.165) is 12.8 Å². The molecule has 2 heterocycles. The Hall–Kier alpha value is -3.26. The van der Waals surface area contributed by atoms with Crippen LogP contribution in [0.5, 0.6) is 11.5 Å². The van der Waals surface area contributed by atoms with E-state index in [-0.39, 0.29) is 16.5 Å². The standard InChI is InChI=1S/C21H21N3O4S/c25-21(24-12-6-7-13-24)19-14-17(15-22-19)29(26,27)23-18-10-4-5-11-20(18)28-16-8-2-1-3-9-16/h1-5,8-11,14-15,22-23H,6-7,12-13H2. The first-order valence-electron chi connectivity index (χ1n) is 9.35. The van der Waals surface area contributed by atoms with Crippen LogP contribution in [0.3, 0.4) is 0 Å². The monoisotopic (exact) mass is 411 g/mol. The van der Waals surface area contributed by atoms with E-state index in [2.05, 4.69) is 9.71 Å². The minimum Gasteiger partial charge on any atom is -0.455 e. The first kappa shape index (κ1) is 19.1. The second-order valence-corrected chi connectivity index (χ2v) is 8.45. The van der Waals surface area contributed by atoms with E-state index in [1.807, 2.05) is 18.2 Å². The van der Waals surface area contributed by atoms with Gasteiger partial charge in [0, 0.05) is 19.3 Å². The number of nitrogens with zero attached hydrogens (tertiary/aromatic N) is 1. The number of rotatable bonds is 6. The first-order chi connectivity index (χ1) is 14.0. The van der Waals surface area contributed by atoms with E-state index in [0.29, 0.717) is 30.3 Å². The Morgan fingerprint density at radius 3 is 2.45 bits per heavy atom. The lowest BCUT2D eigenvalue weighted by Gasteiger charge is -2.13. The van der Waals surface area contributed by atoms with E-state index >= 15 is 0 Å². The van der Waals surface area contributed by atoms with Crippen molar-refractivity contribution in [2.45, 2.75) is 17.7 Å². The zero-order valence-corrected chi connectivity index (χ0v) is 16.5. The number of H-pyrrole nitrogens is 1. The number of benzene rings is 2. The summed E-state index contributed by atoms with van der Waals surface area (Å²) < 4.78 is 34.1. The van der Waals surface area contributed by atoms with E-state index in [1.54, 1.807) is 41.3 Å². The molecule has 3 aromatic rings. The Kier molecular flexibility index (Phi) is 5.26. The maximum absolute atomic E-state index is 12.9. The fourth-order valence-electron chi connectivity index (χ4n) is 3.20. The predicted octanol–water partition coefficient (Wildman–Crippen LogP) is 3.84. The minimum atomic E-state index is -3.90. The summed E-state index contributed by atoms with van der Waals surface area (Å²) in [6, 6.07) is 17.3. The molecule has 2 N–H and O–H groups in total. The number of hydrogen-bond donors (Lipinski definition) is 2. The number of aromatic nitrogens is 1. The molecule has 0 bridgehead atoms. The average molecular weight is 411 g/mol. The minimum absolute atomic E-state index is 0.00504. The molecule has 0 aliphatic carbocycles. The van der Waals surface area contributed by atoms with E-state index in [1.165, 1.54) is 12.3 Å². The Morgan fingerprint density at radius 2 is 1.69 bits per heavy atom. The molecule has 1 saturated heterocycles. The van der Waals surface area contributed by atoms with Gasteiger partial charge >= 0.3 is 0 Å². The van der Waals surface area contributed by atoms with Crippen molar-refractivity contribution >= 4 is 21.6 Å². The number of ether oxygens (including phenoxy) is 1. The number of carbonyl (C=O) groups excluding carboxylic acids is 1. The number of sulfonamides is 1. The molecule has 8 heteroatoms. The summed E-state index contributed by atoms with van der Waals surface area (Å²) in [5, 5.41) is 0. The van der Waals surface area contributed by atoms with Crippen LogP contribution in [-0.2, 0) is 10.0 Å². The molecule has 0 saturated carbocycles. The summed E-state index contributed by atoms with van der Waals surface area (Å²) >= 11 is 0. The van der Waals surface area contributed by atoms with Gasteiger partial charge in [-0.1, -0.05) is 30.3 Å². The van der Waals surface area contributed by atoms with E-state index < -0.39 is 10.0 Å². The number of nitrogens with one attached hydrogen (secondary N) is 2. The summed E-state index contributed by atoms with van der Waals surface area (Å²) in [6.07, 6.45) is 3.26. The summed E-state index contributed by atoms with van der Waals surface area (Å²) in [6.45, 7) is 1.39. The smallest absolute Gasteiger partial charge is 0.270 e. The lowest BCUT2D eigenvalue weighted by Crippen LogP contribution is -2.27. The first-order valence-corrected chi connectivity index (χ1v) is 10.8. The van der Waals surface area contributed by atoms with Gasteiger partial charge in [-0.05, 0) is 43.2 Å². The lowest BCUT2D eigenvalue weighted by molar-refractivity contribution is 0.0787. The summed E-state index contributed by atoms with van der Waals surface area (Å²) in [4.78, 5) is 17.0. The van der Waals surface area contributed by atoms with Crippen LogP contribution >= 0.6 is 0 Å². The van der Waals surface area contributed by atoms with Crippen molar-refractivity contribution in [2.75, 3.05) is 17.8 Å². The third kappa shape index (κ3) is 4.27. The summed E-state index contributed by atoms with van der Waals surface area (Å²) in [5.41, 5.74) is 0.575. The average Bonchev–Trinajstić information content (AvgIpc) is 3.42. The fraction of sp³-hybridized carbons (Fsp3) is 0.190. The van der Waals surface area contributed by atoms with Crippen molar-refractivity contribution in [1.29, 1.82) is 0 Å². The Labute approximate surface area is 169 Å². The van der Waals surface area contributed by atoms with Crippen LogP contribution in [0.25, 0.3) is 0 Å². The Balaban J connectivity index is 1.54. The molecule has 1 fully saturated rings. The van der Waals surface area contributed by atoms with Gasteiger partial charge < -0.3 is 14.6 Å². The number of amides is 1. The molecule has 1 aliphatic rings. The van der Waals surface area contributed by atoms with Crippen LogP contribution in [0, 0.1) is 0 Å². The highest BCUT2D eigenvalue weighted by atomic mass is 32.2. The Morgan fingerprint density at radius 1 is 1.00 bits per heavy atom. The van der Waals surface area contributed by atoms with Crippen molar-refractivity contribution in [3.8, 4) is 11.5 Å². The predicted molar refractivity (Wildman–Crippen MR) is 110 cm³/mol. The number of likely N-dealkylation sites (tertiary alicyclic amines) is 1. The molecule has 0 radical (unpaired) electrons. The van der Waals surface area contributed by atoms with E-state index in [4.69, 9.17) is 4.74 Å². The molecule has 7 nitrogen and oxygen atoms in total. The SMILES string of the molecule is O=C(c1cc(S(=O)(=O)Nc2ccccc2Oc2ccccc2)c[nH]1)N1CCCC1. The normalized spacial score (nSPS) is 14.0. The lowest BCUT2D eigenvalue weighted by atomic mass is 10.3.